The van der Waals surface area contributed by atoms with E-state index in [9.17, 15) is 8.42 Å². The molecule has 0 saturated carbocycles. The van der Waals surface area contributed by atoms with Gasteiger partial charge in [-0.1, -0.05) is 0 Å². The first kappa shape index (κ1) is 16.0. The molecule has 0 atom stereocenters. The van der Waals surface area contributed by atoms with Crippen LogP contribution in [0, 0.1) is 10.8 Å². The van der Waals surface area contributed by atoms with Crippen LogP contribution in [0.3, 0.4) is 0 Å². The van der Waals surface area contributed by atoms with E-state index in [1.165, 1.54) is 24.3 Å². The van der Waals surface area contributed by atoms with Crippen LogP contribution in [0.25, 0.3) is 0 Å². The lowest BCUT2D eigenvalue weighted by Gasteiger charge is -2.05. The van der Waals surface area contributed by atoms with E-state index in [1.54, 1.807) is 0 Å². The maximum Gasteiger partial charge on any atom is 0.276 e. The molecule has 0 aliphatic rings. The Bertz CT molecular complexity index is 951. The second-order valence-electron chi connectivity index (χ2n) is 4.13. The average Bonchev–Trinajstić information content (AvgIpc) is 2.82. The first-order valence-electron chi connectivity index (χ1n) is 5.93. The van der Waals surface area contributed by atoms with E-state index >= 15 is 0 Å². The van der Waals surface area contributed by atoms with Crippen LogP contribution >= 0.6 is 0 Å². The Morgan fingerprint density at radius 1 is 1.09 bits per heavy atom. The van der Waals surface area contributed by atoms with Gasteiger partial charge in [-0.2, -0.15) is 18.4 Å². The van der Waals surface area contributed by atoms with Gasteiger partial charge in [0.25, 0.3) is 10.0 Å². The molecule has 0 saturated heterocycles. The third kappa shape index (κ3) is 3.85. The molecule has 0 radical (unpaired) electrons. The van der Waals surface area contributed by atoms with Crippen LogP contribution in [0.4, 0.5) is 5.69 Å². The fraction of sp³-hybridized carbons (Fsp3) is 0. The lowest BCUT2D eigenvalue weighted by Crippen LogP contribution is -2.34. The molecule has 1 aromatic carbocycles. The Balaban J connectivity index is 2.21. The average molecular weight is 336 g/mol. The minimum Gasteiger partial charge on any atom is -0.369 e. The topological polar surface area (TPSA) is 208 Å². The molecule has 2 rings (SSSR count). The van der Waals surface area contributed by atoms with Crippen LogP contribution in [0.1, 0.15) is 0 Å². The van der Waals surface area contributed by atoms with Gasteiger partial charge >= 0.3 is 0 Å². The Morgan fingerprint density at radius 2 is 1.65 bits per heavy atom. The summed E-state index contributed by atoms with van der Waals surface area (Å²) in [4.78, 5) is 1.80. The number of hydrogen-bond acceptors (Lipinski definition) is 9. The van der Waals surface area contributed by atoms with Gasteiger partial charge in [0.1, 0.15) is 0 Å². The monoisotopic (exact) mass is 336 g/mol. The summed E-state index contributed by atoms with van der Waals surface area (Å²) in [6, 6.07) is 5.47. The normalized spacial score (nSPS) is 10.8. The number of nitrogens with one attached hydrogen (secondary N) is 4. The fourth-order valence-corrected chi connectivity index (χ4v) is 2.23. The summed E-state index contributed by atoms with van der Waals surface area (Å²) in [7, 11) is -3.88. The third-order valence-corrected chi connectivity index (χ3v) is 3.68. The number of hydrazone groups is 1. The molecule has 0 spiro atoms. The zero-order chi connectivity index (χ0) is 17.0. The second kappa shape index (κ2) is 6.18. The number of benzene rings is 1. The van der Waals surface area contributed by atoms with Crippen molar-refractivity contribution in [2.45, 2.75) is 4.90 Å². The summed E-state index contributed by atoms with van der Waals surface area (Å²) in [5.74, 6) is -0.417. The van der Waals surface area contributed by atoms with E-state index in [0.717, 1.165) is 0 Å². The Kier molecular flexibility index (Phi) is 4.31. The van der Waals surface area contributed by atoms with Crippen LogP contribution in [0.2, 0.25) is 0 Å². The lowest BCUT2D eigenvalue weighted by molar-refractivity contribution is 0.584. The lowest BCUT2D eigenvalue weighted by atomic mass is 10.3. The zero-order valence-corrected chi connectivity index (χ0v) is 12.3. The molecule has 2 aromatic rings. The maximum absolute atomic E-state index is 11.8. The summed E-state index contributed by atoms with van der Waals surface area (Å²) in [5.41, 5.74) is 12.6. The van der Waals surface area contributed by atoms with Crippen molar-refractivity contribution in [3.63, 3.8) is 0 Å². The summed E-state index contributed by atoms with van der Waals surface area (Å²) < 4.78 is 23.7. The predicted molar refractivity (Wildman–Crippen MR) is 77.9 cm³/mol. The number of hydrogen-bond donors (Lipinski definition) is 6. The molecule has 0 unspecified atom stereocenters. The van der Waals surface area contributed by atoms with Gasteiger partial charge in [0, 0.05) is 0 Å². The zero-order valence-electron chi connectivity index (χ0n) is 11.5. The molecule has 23 heavy (non-hydrogen) atoms. The van der Waals surface area contributed by atoms with Gasteiger partial charge in [0.05, 0.1) is 10.6 Å². The Hall–Kier alpha value is -3.35. The molecule has 8 N–H and O–H groups in total. The standard InChI is InChI=1S/C10H12N10O2S/c11-8-7(9(12)18-17-8)16-15-5-1-3-6(4-2-5)23(21,22)20-19-10(13)14/h1-4,11-12,15,20H,(H4,13,14,19). The van der Waals surface area contributed by atoms with Crippen molar-refractivity contribution >= 4 is 21.7 Å². The highest BCUT2D eigenvalue weighted by molar-refractivity contribution is 7.89. The first-order chi connectivity index (χ1) is 10.8. The molecule has 1 aromatic heterocycles. The van der Waals surface area contributed by atoms with Crippen LogP contribution in [0.5, 0.6) is 0 Å². The minimum atomic E-state index is -3.88. The van der Waals surface area contributed by atoms with Crippen molar-refractivity contribution in [2.24, 2.45) is 21.7 Å². The number of guanidine groups is 1. The number of sulfonamides is 1. The number of nitrogens with two attached hydrogens (primary N) is 2. The number of anilines is 1. The Morgan fingerprint density at radius 3 is 2.17 bits per heavy atom. The van der Waals surface area contributed by atoms with Crippen molar-refractivity contribution < 1.29 is 8.42 Å². The molecule has 13 heteroatoms. The Labute approximate surface area is 129 Å². The molecule has 1 heterocycles. The van der Waals surface area contributed by atoms with Crippen LogP contribution in [-0.2, 0) is 10.0 Å². The van der Waals surface area contributed by atoms with Gasteiger partial charge in [0.15, 0.2) is 16.3 Å². The molecular formula is C10H12N10O2S. The maximum atomic E-state index is 11.8. The largest absolute Gasteiger partial charge is 0.369 e. The van der Waals surface area contributed by atoms with Gasteiger partial charge in [-0.15, -0.1) is 15.3 Å². The van der Waals surface area contributed by atoms with E-state index < -0.39 is 16.0 Å². The molecule has 0 aliphatic carbocycles. The summed E-state index contributed by atoms with van der Waals surface area (Å²) in [5, 5.41) is 28.6. The highest BCUT2D eigenvalue weighted by Crippen LogP contribution is 2.13. The smallest absolute Gasteiger partial charge is 0.276 e. The van der Waals surface area contributed by atoms with Gasteiger partial charge in [0.2, 0.25) is 5.96 Å². The fourth-order valence-electron chi connectivity index (χ4n) is 1.41. The van der Waals surface area contributed by atoms with Crippen molar-refractivity contribution in [3.8, 4) is 0 Å². The highest BCUT2D eigenvalue weighted by atomic mass is 32.2. The van der Waals surface area contributed by atoms with Crippen molar-refractivity contribution in [3.05, 3.63) is 40.6 Å². The number of aromatic nitrogens is 2. The van der Waals surface area contributed by atoms with Gasteiger partial charge < -0.3 is 11.5 Å². The SMILES string of the molecule is N=c1nnc(=N)c1=NNc1ccc(S(=O)(=O)NN=C(N)N)cc1. The third-order valence-electron chi connectivity index (χ3n) is 2.45. The number of nitrogens with zero attached hydrogens (tertiary/aromatic N) is 4. The molecule has 12 nitrogen and oxygen atoms in total. The summed E-state index contributed by atoms with van der Waals surface area (Å²) in [6.45, 7) is 0. The quantitative estimate of drug-likeness (QED) is 0.186. The van der Waals surface area contributed by atoms with Gasteiger partial charge in [-0.3, -0.25) is 16.2 Å². The van der Waals surface area contributed by atoms with Crippen LogP contribution < -0.4 is 38.1 Å². The van der Waals surface area contributed by atoms with E-state index in [1.807, 2.05) is 4.83 Å². The van der Waals surface area contributed by atoms with E-state index in [2.05, 4.69) is 25.8 Å². The number of rotatable bonds is 5. The molecule has 0 fully saturated rings. The summed E-state index contributed by atoms with van der Waals surface area (Å²) in [6.07, 6.45) is 0. The van der Waals surface area contributed by atoms with E-state index in [0.29, 0.717) is 5.69 Å². The molecule has 0 bridgehead atoms. The molecule has 0 aliphatic heterocycles. The highest BCUT2D eigenvalue weighted by Gasteiger charge is 2.12. The van der Waals surface area contributed by atoms with Crippen molar-refractivity contribution in [1.29, 1.82) is 10.8 Å². The van der Waals surface area contributed by atoms with Crippen molar-refractivity contribution in [2.75, 3.05) is 5.43 Å². The van der Waals surface area contributed by atoms with Crippen LogP contribution in [0.15, 0.2) is 39.4 Å². The predicted octanol–water partition coefficient (Wildman–Crippen LogP) is -3.29. The second-order valence-corrected chi connectivity index (χ2v) is 5.79. The molecule has 0 amide bonds. The van der Waals surface area contributed by atoms with Gasteiger partial charge in [-0.25, -0.2) is 0 Å². The van der Waals surface area contributed by atoms with Crippen LogP contribution in [-0.4, -0.2) is 24.6 Å². The van der Waals surface area contributed by atoms with E-state index in [-0.39, 0.29) is 21.2 Å². The first-order valence-corrected chi connectivity index (χ1v) is 7.42. The summed E-state index contributed by atoms with van der Waals surface area (Å²) >= 11 is 0. The van der Waals surface area contributed by atoms with Crippen molar-refractivity contribution in [1.82, 2.24) is 15.0 Å². The minimum absolute atomic E-state index is 0.0175. The molecule has 120 valence electrons. The van der Waals surface area contributed by atoms with Gasteiger partial charge in [-0.05, 0) is 24.3 Å². The molecular weight excluding hydrogens is 324 g/mol. The van der Waals surface area contributed by atoms with E-state index in [4.69, 9.17) is 22.3 Å².